The topological polar surface area (TPSA) is 40.5 Å². The molecule has 0 bridgehead atoms. The Morgan fingerprint density at radius 3 is 2.68 bits per heavy atom. The first-order chi connectivity index (χ1) is 10.4. The Balaban J connectivity index is 1.70. The molecule has 3 saturated carbocycles. The molecule has 1 amide bonds. The minimum Gasteiger partial charge on any atom is -0.393 e. The molecule has 4 aliphatic rings. The number of hydrogen-bond donors (Lipinski definition) is 1. The SMILES string of the molecule is CN1C(=O)C=C[C@]2(C)C3CC[C@]4(C)[C@@H](O)CC[C@H]4C3CC[C@@H]12. The van der Waals surface area contributed by atoms with Crippen molar-refractivity contribution >= 4 is 5.91 Å². The second kappa shape index (κ2) is 4.59. The fourth-order valence-electron chi connectivity index (χ4n) is 6.71. The van der Waals surface area contributed by atoms with E-state index in [1.54, 1.807) is 6.08 Å². The van der Waals surface area contributed by atoms with Crippen molar-refractivity contribution in [3.8, 4) is 0 Å². The van der Waals surface area contributed by atoms with Crippen molar-refractivity contribution in [1.82, 2.24) is 4.90 Å². The summed E-state index contributed by atoms with van der Waals surface area (Å²) in [5.74, 6) is 2.23. The Bertz CT molecular complexity index is 530. The first-order valence-corrected chi connectivity index (χ1v) is 9.02. The second-order valence-corrected chi connectivity index (χ2v) is 8.76. The van der Waals surface area contributed by atoms with Crippen LogP contribution in [0.2, 0.25) is 0 Å². The summed E-state index contributed by atoms with van der Waals surface area (Å²) >= 11 is 0. The molecular formula is C19H29NO2. The van der Waals surface area contributed by atoms with Crippen molar-refractivity contribution < 1.29 is 9.90 Å². The molecule has 0 aromatic carbocycles. The van der Waals surface area contributed by atoms with E-state index < -0.39 is 0 Å². The molecule has 0 radical (unpaired) electrons. The highest BCUT2D eigenvalue weighted by atomic mass is 16.3. The van der Waals surface area contributed by atoms with Crippen molar-refractivity contribution in [2.45, 2.75) is 64.5 Å². The van der Waals surface area contributed by atoms with Crippen LogP contribution >= 0.6 is 0 Å². The van der Waals surface area contributed by atoms with Gasteiger partial charge in [0.25, 0.3) is 0 Å². The molecule has 22 heavy (non-hydrogen) atoms. The number of rotatable bonds is 0. The summed E-state index contributed by atoms with van der Waals surface area (Å²) < 4.78 is 0. The van der Waals surface area contributed by atoms with Gasteiger partial charge < -0.3 is 10.0 Å². The lowest BCUT2D eigenvalue weighted by molar-refractivity contribution is -0.140. The summed E-state index contributed by atoms with van der Waals surface area (Å²) in [6, 6.07) is 0.363. The van der Waals surface area contributed by atoms with Gasteiger partial charge in [0.1, 0.15) is 0 Å². The van der Waals surface area contributed by atoms with Gasteiger partial charge in [0.2, 0.25) is 5.91 Å². The van der Waals surface area contributed by atoms with Crippen LogP contribution in [-0.2, 0) is 4.79 Å². The molecule has 4 rings (SSSR count). The molecule has 0 aromatic heterocycles. The van der Waals surface area contributed by atoms with E-state index in [9.17, 15) is 9.90 Å². The zero-order chi connectivity index (χ0) is 15.7. The van der Waals surface area contributed by atoms with E-state index in [2.05, 4.69) is 19.9 Å². The van der Waals surface area contributed by atoms with E-state index in [1.807, 2.05) is 11.9 Å². The Labute approximate surface area is 133 Å². The lowest BCUT2D eigenvalue weighted by atomic mass is 9.48. The van der Waals surface area contributed by atoms with Gasteiger partial charge in [-0.3, -0.25) is 4.79 Å². The normalized spacial score (nSPS) is 53.9. The van der Waals surface area contributed by atoms with Crippen LogP contribution in [0.5, 0.6) is 0 Å². The van der Waals surface area contributed by atoms with E-state index in [-0.39, 0.29) is 22.8 Å². The zero-order valence-electron chi connectivity index (χ0n) is 14.1. The number of hydrogen-bond acceptors (Lipinski definition) is 2. The zero-order valence-corrected chi connectivity index (χ0v) is 14.1. The van der Waals surface area contributed by atoms with Gasteiger partial charge in [0, 0.05) is 18.5 Å². The van der Waals surface area contributed by atoms with E-state index in [0.717, 1.165) is 25.2 Å². The Kier molecular flexibility index (Phi) is 3.08. The molecule has 2 unspecified atom stereocenters. The van der Waals surface area contributed by atoms with Crippen LogP contribution in [0.3, 0.4) is 0 Å². The molecule has 3 heteroatoms. The number of likely N-dealkylation sites (N-methyl/N-ethyl adjacent to an activating group) is 1. The van der Waals surface area contributed by atoms with Crippen molar-refractivity contribution in [3.05, 3.63) is 12.2 Å². The third kappa shape index (κ3) is 1.69. The first-order valence-electron chi connectivity index (χ1n) is 9.02. The van der Waals surface area contributed by atoms with Crippen LogP contribution in [0.4, 0.5) is 0 Å². The largest absolute Gasteiger partial charge is 0.393 e. The molecule has 0 saturated heterocycles. The fraction of sp³-hybridized carbons (Fsp3) is 0.842. The Morgan fingerprint density at radius 2 is 1.91 bits per heavy atom. The predicted molar refractivity (Wildman–Crippen MR) is 86.1 cm³/mol. The number of carbonyl (C=O) groups excluding carboxylic acids is 1. The lowest BCUT2D eigenvalue weighted by Crippen LogP contribution is -2.59. The van der Waals surface area contributed by atoms with Crippen LogP contribution in [0.1, 0.15) is 52.4 Å². The maximum Gasteiger partial charge on any atom is 0.246 e. The summed E-state index contributed by atoms with van der Waals surface area (Å²) in [6.45, 7) is 4.70. The van der Waals surface area contributed by atoms with Gasteiger partial charge in [-0.1, -0.05) is 19.9 Å². The molecule has 1 N–H and O–H groups in total. The molecular weight excluding hydrogens is 274 g/mol. The summed E-state index contributed by atoms with van der Waals surface area (Å²) in [5, 5.41) is 10.5. The van der Waals surface area contributed by atoms with Crippen LogP contribution in [0.25, 0.3) is 0 Å². The maximum absolute atomic E-state index is 12.0. The van der Waals surface area contributed by atoms with Gasteiger partial charge in [0.05, 0.1) is 6.10 Å². The van der Waals surface area contributed by atoms with Crippen molar-refractivity contribution in [2.75, 3.05) is 7.05 Å². The second-order valence-electron chi connectivity index (χ2n) is 8.76. The molecule has 122 valence electrons. The molecule has 0 aromatic rings. The molecule has 3 nitrogen and oxygen atoms in total. The molecule has 1 aliphatic heterocycles. The van der Waals surface area contributed by atoms with Gasteiger partial charge in [-0.05, 0) is 67.8 Å². The lowest BCUT2D eigenvalue weighted by Gasteiger charge is -2.60. The maximum atomic E-state index is 12.0. The van der Waals surface area contributed by atoms with E-state index in [0.29, 0.717) is 17.9 Å². The number of aliphatic hydroxyl groups is 1. The van der Waals surface area contributed by atoms with E-state index >= 15 is 0 Å². The van der Waals surface area contributed by atoms with Crippen LogP contribution in [0.15, 0.2) is 12.2 Å². The highest BCUT2D eigenvalue weighted by molar-refractivity contribution is 5.89. The van der Waals surface area contributed by atoms with Gasteiger partial charge in [-0.2, -0.15) is 0 Å². The van der Waals surface area contributed by atoms with E-state index in [1.165, 1.54) is 19.3 Å². The Hall–Kier alpha value is -0.830. The number of nitrogens with zero attached hydrogens (tertiary/aromatic N) is 1. The van der Waals surface area contributed by atoms with Crippen molar-refractivity contribution in [1.29, 1.82) is 0 Å². The summed E-state index contributed by atoms with van der Waals surface area (Å²) in [7, 11) is 1.97. The summed E-state index contributed by atoms with van der Waals surface area (Å²) in [4.78, 5) is 14.0. The smallest absolute Gasteiger partial charge is 0.246 e. The predicted octanol–water partition coefficient (Wildman–Crippen LogP) is 2.99. The van der Waals surface area contributed by atoms with Crippen molar-refractivity contribution in [3.63, 3.8) is 0 Å². The first kappa shape index (κ1) is 14.7. The monoisotopic (exact) mass is 303 g/mol. The van der Waals surface area contributed by atoms with Gasteiger partial charge in [-0.25, -0.2) is 0 Å². The average molecular weight is 303 g/mol. The molecule has 0 spiro atoms. The summed E-state index contributed by atoms with van der Waals surface area (Å²) in [6.07, 6.45) is 10.8. The van der Waals surface area contributed by atoms with Crippen LogP contribution < -0.4 is 0 Å². The van der Waals surface area contributed by atoms with Gasteiger partial charge in [-0.15, -0.1) is 0 Å². The number of carbonyl (C=O) groups is 1. The molecule has 7 atom stereocenters. The molecule has 3 aliphatic carbocycles. The number of amides is 1. The average Bonchev–Trinajstić information content (AvgIpc) is 2.79. The van der Waals surface area contributed by atoms with E-state index in [4.69, 9.17) is 0 Å². The number of aliphatic hydroxyl groups excluding tert-OH is 1. The Morgan fingerprint density at radius 1 is 1.14 bits per heavy atom. The van der Waals surface area contributed by atoms with Crippen molar-refractivity contribution in [2.24, 2.45) is 28.6 Å². The quantitative estimate of drug-likeness (QED) is 0.747. The number of fused-ring (bicyclic) bond motifs is 5. The molecule has 3 fully saturated rings. The fourth-order valence-corrected chi connectivity index (χ4v) is 6.71. The van der Waals surface area contributed by atoms with Crippen LogP contribution in [-0.4, -0.2) is 35.1 Å². The highest BCUT2D eigenvalue weighted by Gasteiger charge is 2.60. The highest BCUT2D eigenvalue weighted by Crippen LogP contribution is 2.63. The standard InChI is InChI=1S/C19H29NO2/c1-18-11-9-17(22)20(3)15(18)6-4-12-13-5-7-16(21)19(13,2)10-8-14(12)18/h9,11-16,21H,4-8,10H2,1-3H3/t12?,13-,14?,15+,16-,18+,19-/m0/s1. The summed E-state index contributed by atoms with van der Waals surface area (Å²) in [5.41, 5.74) is 0.269. The van der Waals surface area contributed by atoms with Gasteiger partial charge in [0.15, 0.2) is 0 Å². The third-order valence-corrected chi connectivity index (χ3v) is 8.08. The third-order valence-electron chi connectivity index (χ3n) is 8.08. The molecule has 1 heterocycles. The van der Waals surface area contributed by atoms with Gasteiger partial charge >= 0.3 is 0 Å². The minimum absolute atomic E-state index is 0.102. The van der Waals surface area contributed by atoms with Crippen LogP contribution in [0, 0.1) is 28.6 Å². The minimum atomic E-state index is -0.102.